The molecule has 4 rings (SSSR count). The van der Waals surface area contributed by atoms with Crippen molar-refractivity contribution < 1.29 is 9.18 Å². The van der Waals surface area contributed by atoms with E-state index < -0.39 is 11.5 Å². The molecule has 0 fully saturated rings. The lowest BCUT2D eigenvalue weighted by atomic mass is 9.83. The van der Waals surface area contributed by atoms with Crippen molar-refractivity contribution in [3.8, 4) is 11.1 Å². The first-order valence-corrected chi connectivity index (χ1v) is 8.85. The predicted molar refractivity (Wildman–Crippen MR) is 103 cm³/mol. The van der Waals surface area contributed by atoms with Gasteiger partial charge in [0.1, 0.15) is 0 Å². The van der Waals surface area contributed by atoms with Gasteiger partial charge in [-0.3, -0.25) is 14.4 Å². The summed E-state index contributed by atoms with van der Waals surface area (Å²) in [6, 6.07) is 10.4. The van der Waals surface area contributed by atoms with Gasteiger partial charge in [0.2, 0.25) is 5.95 Å². The van der Waals surface area contributed by atoms with E-state index in [0.29, 0.717) is 28.8 Å². The summed E-state index contributed by atoms with van der Waals surface area (Å²) in [4.78, 5) is 22.8. The van der Waals surface area contributed by atoms with Crippen LogP contribution in [0.25, 0.3) is 11.1 Å². The number of likely N-dealkylation sites (N-methyl/N-ethyl adjacent to an activating group) is 1. The topological polar surface area (TPSA) is 89.4 Å². The van der Waals surface area contributed by atoms with E-state index >= 15 is 0 Å². The number of halogens is 1. The van der Waals surface area contributed by atoms with Crippen molar-refractivity contribution in [2.45, 2.75) is 19.0 Å². The molecule has 0 saturated carbocycles. The van der Waals surface area contributed by atoms with Gasteiger partial charge in [0.05, 0.1) is 6.20 Å². The molecule has 7 nitrogen and oxygen atoms in total. The number of benzene rings is 1. The number of nitrogens with zero attached hydrogens (tertiary/aromatic N) is 5. The Morgan fingerprint density at radius 1 is 1.21 bits per heavy atom. The standard InChI is InChI=1S/C20H19FN6O/c1-3-27-12-15(11-24-27)20(18(28)26(2)19(22)25-20)14-7-4-6-13(10-14)16-8-5-9-23-17(16)21/h4-12H,3H2,1-2H3,(H2,22,25)/t20-/m1/s1. The molecule has 8 heteroatoms. The maximum Gasteiger partial charge on any atom is 0.266 e. The largest absolute Gasteiger partial charge is 0.369 e. The molecule has 2 aromatic heterocycles. The molecule has 0 spiro atoms. The van der Waals surface area contributed by atoms with Crippen molar-refractivity contribution in [3.05, 3.63) is 72.1 Å². The SMILES string of the molecule is CCn1cc([C@@]2(c3cccc(-c4cccnc4F)c3)N=C(N)N(C)C2=O)cn1. The van der Waals surface area contributed by atoms with E-state index in [1.807, 2.05) is 6.92 Å². The second-order valence-electron chi connectivity index (χ2n) is 6.55. The molecule has 142 valence electrons. The quantitative estimate of drug-likeness (QED) is 0.705. The first-order valence-electron chi connectivity index (χ1n) is 8.85. The van der Waals surface area contributed by atoms with Crippen LogP contribution in [0.2, 0.25) is 0 Å². The van der Waals surface area contributed by atoms with Crippen LogP contribution in [0.1, 0.15) is 18.1 Å². The highest BCUT2D eigenvalue weighted by Crippen LogP contribution is 2.40. The summed E-state index contributed by atoms with van der Waals surface area (Å²) in [5.41, 5.74) is 6.77. The van der Waals surface area contributed by atoms with E-state index in [1.165, 1.54) is 11.1 Å². The molecule has 0 aliphatic carbocycles. The van der Waals surface area contributed by atoms with Crippen LogP contribution in [0.15, 0.2) is 60.0 Å². The third kappa shape index (κ3) is 2.57. The summed E-state index contributed by atoms with van der Waals surface area (Å²) >= 11 is 0. The van der Waals surface area contributed by atoms with Crippen molar-refractivity contribution in [2.24, 2.45) is 10.7 Å². The number of rotatable bonds is 4. The lowest BCUT2D eigenvalue weighted by Crippen LogP contribution is -2.41. The zero-order chi connectivity index (χ0) is 19.9. The minimum Gasteiger partial charge on any atom is -0.369 e. The number of hydrogen-bond acceptors (Lipinski definition) is 5. The van der Waals surface area contributed by atoms with Gasteiger partial charge in [0.25, 0.3) is 5.91 Å². The van der Waals surface area contributed by atoms with Gasteiger partial charge >= 0.3 is 0 Å². The number of aliphatic imine (C=N–C) groups is 1. The summed E-state index contributed by atoms with van der Waals surface area (Å²) in [5, 5.41) is 4.29. The number of amides is 1. The maximum atomic E-state index is 14.2. The van der Waals surface area contributed by atoms with Crippen LogP contribution >= 0.6 is 0 Å². The molecule has 1 aliphatic heterocycles. The van der Waals surface area contributed by atoms with Gasteiger partial charge < -0.3 is 5.73 Å². The number of aromatic nitrogens is 3. The molecule has 1 aliphatic rings. The van der Waals surface area contributed by atoms with E-state index in [0.717, 1.165) is 0 Å². The molecule has 0 unspecified atom stereocenters. The maximum absolute atomic E-state index is 14.2. The Bertz CT molecular complexity index is 1090. The van der Waals surface area contributed by atoms with E-state index in [-0.39, 0.29) is 11.9 Å². The normalized spacial score (nSPS) is 19.2. The number of nitrogens with two attached hydrogens (primary N) is 1. The van der Waals surface area contributed by atoms with Crippen LogP contribution in [0, 0.1) is 5.95 Å². The third-order valence-electron chi connectivity index (χ3n) is 4.97. The minimum atomic E-state index is -1.36. The molecule has 28 heavy (non-hydrogen) atoms. The Hall–Kier alpha value is -3.55. The van der Waals surface area contributed by atoms with Gasteiger partial charge in [-0.05, 0) is 36.2 Å². The number of guanidine groups is 1. The monoisotopic (exact) mass is 378 g/mol. The number of carbonyl (C=O) groups excluding carboxylic acids is 1. The number of carbonyl (C=O) groups is 1. The van der Waals surface area contributed by atoms with E-state index in [2.05, 4.69) is 15.1 Å². The molecule has 1 amide bonds. The average Bonchev–Trinajstić information content (AvgIpc) is 3.28. The summed E-state index contributed by atoms with van der Waals surface area (Å²) < 4.78 is 15.9. The Balaban J connectivity index is 1.93. The van der Waals surface area contributed by atoms with Crippen LogP contribution in [-0.4, -0.2) is 38.6 Å². The Morgan fingerprint density at radius 2 is 2.04 bits per heavy atom. The molecule has 1 atom stereocenters. The highest BCUT2D eigenvalue weighted by molar-refractivity contribution is 6.09. The molecular formula is C20H19FN6O. The van der Waals surface area contributed by atoms with Crippen molar-refractivity contribution in [1.29, 1.82) is 0 Å². The van der Waals surface area contributed by atoms with Gasteiger partial charge in [0, 0.05) is 37.1 Å². The Morgan fingerprint density at radius 3 is 2.68 bits per heavy atom. The second kappa shape index (κ2) is 6.56. The fourth-order valence-electron chi connectivity index (χ4n) is 3.42. The molecule has 0 saturated heterocycles. The highest BCUT2D eigenvalue weighted by Gasteiger charge is 2.50. The van der Waals surface area contributed by atoms with Gasteiger partial charge in [-0.2, -0.15) is 9.49 Å². The van der Waals surface area contributed by atoms with Crippen LogP contribution in [-0.2, 0) is 16.9 Å². The number of pyridine rings is 1. The fourth-order valence-corrected chi connectivity index (χ4v) is 3.42. The van der Waals surface area contributed by atoms with Crippen molar-refractivity contribution in [2.75, 3.05) is 7.05 Å². The molecule has 0 radical (unpaired) electrons. The zero-order valence-corrected chi connectivity index (χ0v) is 15.5. The number of hydrogen-bond donors (Lipinski definition) is 1. The van der Waals surface area contributed by atoms with E-state index in [9.17, 15) is 9.18 Å². The average molecular weight is 378 g/mol. The summed E-state index contributed by atoms with van der Waals surface area (Å²) in [6.07, 6.45) is 4.80. The highest BCUT2D eigenvalue weighted by atomic mass is 19.1. The van der Waals surface area contributed by atoms with Crippen molar-refractivity contribution in [1.82, 2.24) is 19.7 Å². The smallest absolute Gasteiger partial charge is 0.266 e. The fraction of sp³-hybridized carbons (Fsp3) is 0.200. The second-order valence-corrected chi connectivity index (χ2v) is 6.55. The van der Waals surface area contributed by atoms with Crippen molar-refractivity contribution in [3.63, 3.8) is 0 Å². The van der Waals surface area contributed by atoms with Gasteiger partial charge in [0.15, 0.2) is 11.5 Å². The molecule has 3 heterocycles. The van der Waals surface area contributed by atoms with Crippen LogP contribution in [0.3, 0.4) is 0 Å². The third-order valence-corrected chi connectivity index (χ3v) is 4.97. The number of aryl methyl sites for hydroxylation is 1. The first-order chi connectivity index (χ1) is 13.5. The Kier molecular flexibility index (Phi) is 4.18. The lowest BCUT2D eigenvalue weighted by Gasteiger charge is -2.25. The minimum absolute atomic E-state index is 0.118. The van der Waals surface area contributed by atoms with Crippen LogP contribution < -0.4 is 5.73 Å². The van der Waals surface area contributed by atoms with E-state index in [4.69, 9.17) is 5.73 Å². The van der Waals surface area contributed by atoms with Gasteiger partial charge in [-0.25, -0.2) is 9.98 Å². The lowest BCUT2D eigenvalue weighted by molar-refractivity contribution is -0.129. The predicted octanol–water partition coefficient (Wildman–Crippen LogP) is 2.13. The molecule has 1 aromatic carbocycles. The van der Waals surface area contributed by atoms with Crippen LogP contribution in [0.4, 0.5) is 4.39 Å². The van der Waals surface area contributed by atoms with E-state index in [1.54, 1.807) is 60.5 Å². The Labute approximate surface area is 161 Å². The van der Waals surface area contributed by atoms with Crippen molar-refractivity contribution >= 4 is 11.9 Å². The van der Waals surface area contributed by atoms with Crippen LogP contribution in [0.5, 0.6) is 0 Å². The van der Waals surface area contributed by atoms with Gasteiger partial charge in [-0.1, -0.05) is 18.2 Å². The molecule has 0 bridgehead atoms. The molecular weight excluding hydrogens is 359 g/mol. The summed E-state index contributed by atoms with van der Waals surface area (Å²) in [5.74, 6) is -0.748. The zero-order valence-electron chi connectivity index (χ0n) is 15.5. The van der Waals surface area contributed by atoms with Gasteiger partial charge in [-0.15, -0.1) is 0 Å². The summed E-state index contributed by atoms with van der Waals surface area (Å²) in [7, 11) is 1.58. The summed E-state index contributed by atoms with van der Waals surface area (Å²) in [6.45, 7) is 2.61. The first kappa shape index (κ1) is 17.8. The molecule has 2 N–H and O–H groups in total. The molecule has 3 aromatic rings.